The standard InChI is InChI=1S/C26H32O6S/c1-33(28,29)26-14-22(27)13-25(32-26)19-6-7-23(21-15-30-16-21)20(12-19)11-17-5-8-24-18(10-17)4-2-3-9-31-24/h5-8,10,12,21-22,25-27H,2-4,9,11,13-16H2,1H3. The van der Waals surface area contributed by atoms with Crippen molar-refractivity contribution in [3.63, 3.8) is 0 Å². The van der Waals surface area contributed by atoms with Gasteiger partial charge in [-0.25, -0.2) is 8.42 Å². The topological polar surface area (TPSA) is 82.1 Å². The summed E-state index contributed by atoms with van der Waals surface area (Å²) in [5.74, 6) is 1.37. The van der Waals surface area contributed by atoms with E-state index in [4.69, 9.17) is 14.2 Å². The highest BCUT2D eigenvalue weighted by atomic mass is 32.2. The molecule has 3 heterocycles. The first-order chi connectivity index (χ1) is 15.9. The van der Waals surface area contributed by atoms with Gasteiger partial charge in [0.1, 0.15) is 5.75 Å². The van der Waals surface area contributed by atoms with Gasteiger partial charge in [-0.15, -0.1) is 0 Å². The van der Waals surface area contributed by atoms with Crippen molar-refractivity contribution in [2.24, 2.45) is 0 Å². The Balaban J connectivity index is 1.45. The molecule has 3 aliphatic heterocycles. The molecule has 178 valence electrons. The third kappa shape index (κ3) is 5.11. The molecule has 0 spiro atoms. The lowest BCUT2D eigenvalue weighted by molar-refractivity contribution is -0.0641. The van der Waals surface area contributed by atoms with Crippen LogP contribution in [0.4, 0.5) is 0 Å². The van der Waals surface area contributed by atoms with Crippen LogP contribution < -0.4 is 4.74 Å². The molecule has 1 N–H and O–H groups in total. The van der Waals surface area contributed by atoms with Crippen LogP contribution in [0.5, 0.6) is 5.75 Å². The van der Waals surface area contributed by atoms with Gasteiger partial charge in [-0.05, 0) is 59.6 Å². The van der Waals surface area contributed by atoms with E-state index in [0.717, 1.165) is 56.8 Å². The van der Waals surface area contributed by atoms with Crippen LogP contribution in [0.25, 0.3) is 0 Å². The van der Waals surface area contributed by atoms with Crippen LogP contribution in [0, 0.1) is 0 Å². The lowest BCUT2D eigenvalue weighted by atomic mass is 9.86. The number of hydrogen-bond acceptors (Lipinski definition) is 6. The van der Waals surface area contributed by atoms with Crippen LogP contribution in [-0.2, 0) is 32.2 Å². The van der Waals surface area contributed by atoms with Gasteiger partial charge < -0.3 is 19.3 Å². The van der Waals surface area contributed by atoms with Gasteiger partial charge in [-0.1, -0.05) is 30.3 Å². The number of rotatable bonds is 5. The Hall–Kier alpha value is -1.93. The third-order valence-electron chi connectivity index (χ3n) is 6.98. The molecule has 2 fully saturated rings. The molecule has 3 unspecified atom stereocenters. The first-order valence-electron chi connectivity index (χ1n) is 11.8. The fraction of sp³-hybridized carbons (Fsp3) is 0.538. The average molecular weight is 473 g/mol. The Morgan fingerprint density at radius 2 is 1.91 bits per heavy atom. The summed E-state index contributed by atoms with van der Waals surface area (Å²) in [6, 6.07) is 12.8. The van der Waals surface area contributed by atoms with Gasteiger partial charge in [0.15, 0.2) is 15.3 Å². The Morgan fingerprint density at radius 1 is 1.06 bits per heavy atom. The fourth-order valence-corrected chi connectivity index (χ4v) is 5.95. The van der Waals surface area contributed by atoms with Crippen LogP contribution in [0.2, 0.25) is 0 Å². The number of sulfone groups is 1. The van der Waals surface area contributed by atoms with E-state index in [0.29, 0.717) is 12.3 Å². The van der Waals surface area contributed by atoms with Crippen molar-refractivity contribution in [1.29, 1.82) is 0 Å². The zero-order valence-corrected chi connectivity index (χ0v) is 19.9. The number of ether oxygens (including phenoxy) is 3. The average Bonchev–Trinajstić information content (AvgIpc) is 2.97. The Kier molecular flexibility index (Phi) is 6.49. The molecular formula is C26H32O6S. The Labute approximate surface area is 195 Å². The van der Waals surface area contributed by atoms with Gasteiger partial charge in [-0.2, -0.15) is 0 Å². The molecule has 0 aliphatic carbocycles. The molecule has 0 bridgehead atoms. The van der Waals surface area contributed by atoms with Gasteiger partial charge in [0.2, 0.25) is 0 Å². The molecule has 2 aromatic carbocycles. The minimum absolute atomic E-state index is 0.122. The van der Waals surface area contributed by atoms with Gasteiger partial charge in [0, 0.05) is 25.0 Å². The van der Waals surface area contributed by atoms with Crippen LogP contribution in [0.1, 0.15) is 65.5 Å². The summed E-state index contributed by atoms with van der Waals surface area (Å²) < 4.78 is 41.5. The maximum Gasteiger partial charge on any atom is 0.174 e. The summed E-state index contributed by atoms with van der Waals surface area (Å²) in [5.41, 5.74) is 4.92. The zero-order chi connectivity index (χ0) is 23.0. The fourth-order valence-electron chi connectivity index (χ4n) is 5.04. The van der Waals surface area contributed by atoms with Gasteiger partial charge in [-0.3, -0.25) is 0 Å². The van der Waals surface area contributed by atoms with E-state index in [1.807, 2.05) is 6.07 Å². The Morgan fingerprint density at radius 3 is 2.67 bits per heavy atom. The molecule has 3 atom stereocenters. The SMILES string of the molecule is CS(=O)(=O)C1CC(O)CC(c2ccc(C3COC3)c(Cc3ccc4c(c3)CCCCO4)c2)O1. The number of fused-ring (bicyclic) bond motifs is 1. The third-order valence-corrected chi connectivity index (χ3v) is 8.24. The number of aryl methyl sites for hydroxylation is 1. The molecule has 0 radical (unpaired) electrons. The summed E-state index contributed by atoms with van der Waals surface area (Å²) in [6.45, 7) is 2.22. The largest absolute Gasteiger partial charge is 0.493 e. The molecule has 0 saturated carbocycles. The monoisotopic (exact) mass is 472 g/mol. The van der Waals surface area contributed by atoms with Crippen LogP contribution in [-0.4, -0.2) is 51.1 Å². The molecule has 33 heavy (non-hydrogen) atoms. The van der Waals surface area contributed by atoms with E-state index in [1.165, 1.54) is 28.5 Å². The summed E-state index contributed by atoms with van der Waals surface area (Å²) in [5, 5.41) is 10.3. The van der Waals surface area contributed by atoms with E-state index in [2.05, 4.69) is 30.3 Å². The van der Waals surface area contributed by atoms with Crippen LogP contribution in [0.15, 0.2) is 36.4 Å². The molecule has 7 heteroatoms. The van der Waals surface area contributed by atoms with E-state index in [9.17, 15) is 13.5 Å². The van der Waals surface area contributed by atoms with Gasteiger partial charge >= 0.3 is 0 Å². The molecule has 2 aromatic rings. The highest BCUT2D eigenvalue weighted by molar-refractivity contribution is 7.91. The summed E-state index contributed by atoms with van der Waals surface area (Å²) in [7, 11) is -3.40. The van der Waals surface area contributed by atoms with E-state index >= 15 is 0 Å². The van der Waals surface area contributed by atoms with Crippen molar-refractivity contribution in [2.45, 2.75) is 62.1 Å². The molecule has 6 nitrogen and oxygen atoms in total. The van der Waals surface area contributed by atoms with Crippen molar-refractivity contribution < 1.29 is 27.7 Å². The van der Waals surface area contributed by atoms with E-state index in [1.54, 1.807) is 0 Å². The molecule has 3 aliphatic rings. The minimum atomic E-state index is -3.40. The van der Waals surface area contributed by atoms with Crippen molar-refractivity contribution >= 4 is 9.84 Å². The van der Waals surface area contributed by atoms with Gasteiger partial charge in [0.05, 0.1) is 32.0 Å². The summed E-state index contributed by atoms with van der Waals surface area (Å²) in [6.07, 6.45) is 4.57. The van der Waals surface area contributed by atoms with Crippen molar-refractivity contribution in [2.75, 3.05) is 26.1 Å². The number of aliphatic hydroxyl groups is 1. The smallest absolute Gasteiger partial charge is 0.174 e. The van der Waals surface area contributed by atoms with E-state index < -0.39 is 27.5 Å². The van der Waals surface area contributed by atoms with Crippen molar-refractivity contribution in [3.8, 4) is 5.75 Å². The maximum atomic E-state index is 12.1. The van der Waals surface area contributed by atoms with Gasteiger partial charge in [0.25, 0.3) is 0 Å². The maximum absolute atomic E-state index is 12.1. The number of aliphatic hydroxyl groups excluding tert-OH is 1. The predicted molar refractivity (Wildman–Crippen MR) is 125 cm³/mol. The minimum Gasteiger partial charge on any atom is -0.493 e. The second-order valence-corrected chi connectivity index (χ2v) is 11.8. The summed E-state index contributed by atoms with van der Waals surface area (Å²) >= 11 is 0. The summed E-state index contributed by atoms with van der Waals surface area (Å²) in [4.78, 5) is 0. The van der Waals surface area contributed by atoms with Crippen molar-refractivity contribution in [1.82, 2.24) is 0 Å². The normalized spacial score (nSPS) is 26.1. The number of benzene rings is 2. The quantitative estimate of drug-likeness (QED) is 0.715. The first kappa shape index (κ1) is 22.8. The van der Waals surface area contributed by atoms with Crippen molar-refractivity contribution in [3.05, 3.63) is 64.2 Å². The molecule has 0 amide bonds. The lowest BCUT2D eigenvalue weighted by Crippen LogP contribution is -2.36. The molecule has 2 saturated heterocycles. The number of hydrogen-bond donors (Lipinski definition) is 1. The van der Waals surface area contributed by atoms with Crippen LogP contribution in [0.3, 0.4) is 0 Å². The highest BCUT2D eigenvalue weighted by Gasteiger charge is 2.35. The highest BCUT2D eigenvalue weighted by Crippen LogP contribution is 2.37. The first-order valence-corrected chi connectivity index (χ1v) is 13.8. The second kappa shape index (κ2) is 9.37. The van der Waals surface area contributed by atoms with E-state index in [-0.39, 0.29) is 6.42 Å². The Bertz CT molecular complexity index is 1110. The molecule has 5 rings (SSSR count). The lowest BCUT2D eigenvalue weighted by Gasteiger charge is -2.33. The zero-order valence-electron chi connectivity index (χ0n) is 19.0. The molecule has 0 aromatic heterocycles. The van der Waals surface area contributed by atoms with Crippen LogP contribution >= 0.6 is 0 Å². The molecular weight excluding hydrogens is 440 g/mol. The predicted octanol–water partition coefficient (Wildman–Crippen LogP) is 3.69. The second-order valence-electron chi connectivity index (χ2n) is 9.63.